The molecule has 2 aromatic carbocycles. The number of rotatable bonds is 5. The molecule has 0 unspecified atom stereocenters. The molecular formula is C20H23ClN2O2. The van der Waals surface area contributed by atoms with Crippen LogP contribution in [0.5, 0.6) is 0 Å². The second-order valence-corrected chi connectivity index (χ2v) is 6.63. The summed E-state index contributed by atoms with van der Waals surface area (Å²) in [5, 5.41) is 3.50. The predicted octanol–water partition coefficient (Wildman–Crippen LogP) is 4.65. The van der Waals surface area contributed by atoms with Gasteiger partial charge in [-0.15, -0.1) is 0 Å². The Morgan fingerprint density at radius 2 is 1.72 bits per heavy atom. The molecule has 0 aromatic heterocycles. The Hall–Kier alpha value is -2.33. The fourth-order valence-corrected chi connectivity index (χ4v) is 2.78. The van der Waals surface area contributed by atoms with Crippen LogP contribution in [0.3, 0.4) is 0 Å². The SMILES string of the molecule is CC(=O)N(CCC(=O)Nc1ccc(Cl)cc1C)c1ccc(C)c(C)c1. The van der Waals surface area contributed by atoms with Gasteiger partial charge < -0.3 is 10.2 Å². The Bertz CT molecular complexity index is 802. The normalized spacial score (nSPS) is 10.4. The average Bonchev–Trinajstić information content (AvgIpc) is 2.53. The van der Waals surface area contributed by atoms with Crippen molar-refractivity contribution in [1.82, 2.24) is 0 Å². The van der Waals surface area contributed by atoms with Crippen LogP contribution in [0.15, 0.2) is 36.4 Å². The first-order valence-corrected chi connectivity index (χ1v) is 8.57. The zero-order valence-electron chi connectivity index (χ0n) is 15.0. The molecule has 132 valence electrons. The van der Waals surface area contributed by atoms with E-state index in [1.165, 1.54) is 12.5 Å². The van der Waals surface area contributed by atoms with Crippen molar-refractivity contribution in [3.8, 4) is 0 Å². The maximum atomic E-state index is 12.2. The van der Waals surface area contributed by atoms with E-state index in [1.54, 1.807) is 23.1 Å². The van der Waals surface area contributed by atoms with Crippen LogP contribution in [0.4, 0.5) is 11.4 Å². The third-order valence-corrected chi connectivity index (χ3v) is 4.44. The largest absolute Gasteiger partial charge is 0.326 e. The fourth-order valence-electron chi connectivity index (χ4n) is 2.56. The summed E-state index contributed by atoms with van der Waals surface area (Å²) >= 11 is 5.93. The Kier molecular flexibility index (Phi) is 6.21. The number of hydrogen-bond acceptors (Lipinski definition) is 2. The van der Waals surface area contributed by atoms with Gasteiger partial charge in [0.2, 0.25) is 11.8 Å². The molecule has 0 aliphatic carbocycles. The monoisotopic (exact) mass is 358 g/mol. The quantitative estimate of drug-likeness (QED) is 0.845. The molecule has 0 heterocycles. The van der Waals surface area contributed by atoms with Gasteiger partial charge in [0.15, 0.2) is 0 Å². The highest BCUT2D eigenvalue weighted by atomic mass is 35.5. The summed E-state index contributed by atoms with van der Waals surface area (Å²) in [6.07, 6.45) is 0.217. The average molecular weight is 359 g/mol. The van der Waals surface area contributed by atoms with E-state index in [2.05, 4.69) is 5.32 Å². The Morgan fingerprint density at radius 3 is 2.32 bits per heavy atom. The highest BCUT2D eigenvalue weighted by molar-refractivity contribution is 6.30. The molecule has 2 rings (SSSR count). The number of halogens is 1. The lowest BCUT2D eigenvalue weighted by Crippen LogP contribution is -2.32. The van der Waals surface area contributed by atoms with Crippen molar-refractivity contribution in [3.05, 3.63) is 58.1 Å². The van der Waals surface area contributed by atoms with E-state index in [0.29, 0.717) is 11.6 Å². The van der Waals surface area contributed by atoms with Crippen molar-refractivity contribution in [1.29, 1.82) is 0 Å². The zero-order valence-corrected chi connectivity index (χ0v) is 15.8. The van der Waals surface area contributed by atoms with Crippen molar-refractivity contribution in [2.45, 2.75) is 34.1 Å². The molecule has 0 bridgehead atoms. The van der Waals surface area contributed by atoms with E-state index < -0.39 is 0 Å². The number of benzene rings is 2. The van der Waals surface area contributed by atoms with Crippen molar-refractivity contribution >= 4 is 34.8 Å². The first-order chi connectivity index (χ1) is 11.8. The molecule has 5 heteroatoms. The van der Waals surface area contributed by atoms with Crippen LogP contribution in [-0.2, 0) is 9.59 Å². The molecule has 0 aliphatic heterocycles. The van der Waals surface area contributed by atoms with Crippen LogP contribution in [0.25, 0.3) is 0 Å². The van der Waals surface area contributed by atoms with Gasteiger partial charge in [0.05, 0.1) is 0 Å². The molecule has 2 aromatic rings. The van der Waals surface area contributed by atoms with Crippen molar-refractivity contribution in [2.75, 3.05) is 16.8 Å². The molecular weight excluding hydrogens is 336 g/mol. The summed E-state index contributed by atoms with van der Waals surface area (Å²) < 4.78 is 0. The van der Waals surface area contributed by atoms with Gasteiger partial charge in [-0.3, -0.25) is 9.59 Å². The first-order valence-electron chi connectivity index (χ1n) is 8.19. The van der Waals surface area contributed by atoms with Gasteiger partial charge in [0, 0.05) is 36.3 Å². The summed E-state index contributed by atoms with van der Waals surface area (Å²) in [6.45, 7) is 7.76. The van der Waals surface area contributed by atoms with Crippen LogP contribution in [0.1, 0.15) is 30.0 Å². The standard InChI is InChI=1S/C20H23ClN2O2/c1-13-5-7-18(12-14(13)2)23(16(4)24)10-9-20(25)22-19-8-6-17(21)11-15(19)3/h5-8,11-12H,9-10H2,1-4H3,(H,22,25). The van der Waals surface area contributed by atoms with Gasteiger partial charge in [-0.2, -0.15) is 0 Å². The molecule has 0 aliphatic rings. The lowest BCUT2D eigenvalue weighted by Gasteiger charge is -2.22. The second kappa shape index (κ2) is 8.17. The van der Waals surface area contributed by atoms with Gasteiger partial charge in [0.25, 0.3) is 0 Å². The maximum Gasteiger partial charge on any atom is 0.226 e. The van der Waals surface area contributed by atoms with Gasteiger partial charge >= 0.3 is 0 Å². The molecule has 0 radical (unpaired) electrons. The van der Waals surface area contributed by atoms with E-state index in [-0.39, 0.29) is 18.2 Å². The minimum atomic E-state index is -0.138. The smallest absolute Gasteiger partial charge is 0.226 e. The Labute approximate surface area is 153 Å². The van der Waals surface area contributed by atoms with E-state index in [1.807, 2.05) is 39.0 Å². The number of nitrogens with one attached hydrogen (secondary N) is 1. The van der Waals surface area contributed by atoms with Crippen molar-refractivity contribution < 1.29 is 9.59 Å². The predicted molar refractivity (Wildman–Crippen MR) is 103 cm³/mol. The molecule has 0 saturated heterocycles. The fraction of sp³-hybridized carbons (Fsp3) is 0.300. The highest BCUT2D eigenvalue weighted by Gasteiger charge is 2.14. The molecule has 0 saturated carbocycles. The summed E-state index contributed by atoms with van der Waals surface area (Å²) in [4.78, 5) is 25.9. The van der Waals surface area contributed by atoms with Gasteiger partial charge in [-0.1, -0.05) is 17.7 Å². The number of aryl methyl sites for hydroxylation is 3. The molecule has 25 heavy (non-hydrogen) atoms. The summed E-state index contributed by atoms with van der Waals surface area (Å²) in [5.41, 5.74) is 4.73. The molecule has 0 spiro atoms. The molecule has 1 N–H and O–H groups in total. The van der Waals surface area contributed by atoms with Crippen LogP contribution in [-0.4, -0.2) is 18.4 Å². The van der Waals surface area contributed by atoms with Crippen LogP contribution in [0.2, 0.25) is 5.02 Å². The summed E-state index contributed by atoms with van der Waals surface area (Å²) in [5.74, 6) is -0.223. The molecule has 2 amide bonds. The lowest BCUT2D eigenvalue weighted by molar-refractivity contribution is -0.117. The Morgan fingerprint density at radius 1 is 1.00 bits per heavy atom. The van der Waals surface area contributed by atoms with Gasteiger partial charge in [0.1, 0.15) is 0 Å². The third-order valence-electron chi connectivity index (χ3n) is 4.21. The van der Waals surface area contributed by atoms with Crippen molar-refractivity contribution in [3.63, 3.8) is 0 Å². The number of anilines is 2. The minimum absolute atomic E-state index is 0.0845. The van der Waals surface area contributed by atoms with Crippen molar-refractivity contribution in [2.24, 2.45) is 0 Å². The van der Waals surface area contributed by atoms with E-state index in [0.717, 1.165) is 22.5 Å². The molecule has 0 atom stereocenters. The first kappa shape index (κ1) is 19.0. The molecule has 4 nitrogen and oxygen atoms in total. The van der Waals surface area contributed by atoms with Crippen LogP contribution >= 0.6 is 11.6 Å². The third kappa shape index (κ3) is 5.07. The zero-order chi connectivity index (χ0) is 18.6. The Balaban J connectivity index is 2.04. The minimum Gasteiger partial charge on any atom is -0.326 e. The summed E-state index contributed by atoms with van der Waals surface area (Å²) in [7, 11) is 0. The number of carbonyl (C=O) groups excluding carboxylic acids is 2. The number of nitrogens with zero attached hydrogens (tertiary/aromatic N) is 1. The number of amides is 2. The highest BCUT2D eigenvalue weighted by Crippen LogP contribution is 2.21. The van der Waals surface area contributed by atoms with E-state index in [9.17, 15) is 9.59 Å². The second-order valence-electron chi connectivity index (χ2n) is 6.20. The topological polar surface area (TPSA) is 49.4 Å². The number of carbonyl (C=O) groups is 2. The van der Waals surface area contributed by atoms with E-state index in [4.69, 9.17) is 11.6 Å². The van der Waals surface area contributed by atoms with Gasteiger partial charge in [-0.05, 0) is 67.8 Å². The van der Waals surface area contributed by atoms with Crippen LogP contribution < -0.4 is 10.2 Å². The molecule has 0 fully saturated rings. The number of hydrogen-bond donors (Lipinski definition) is 1. The lowest BCUT2D eigenvalue weighted by atomic mass is 10.1. The maximum absolute atomic E-state index is 12.2. The van der Waals surface area contributed by atoms with Gasteiger partial charge in [-0.25, -0.2) is 0 Å². The summed E-state index contributed by atoms with van der Waals surface area (Å²) in [6, 6.07) is 11.2. The van der Waals surface area contributed by atoms with E-state index >= 15 is 0 Å². The van der Waals surface area contributed by atoms with Crippen LogP contribution in [0, 0.1) is 20.8 Å².